The maximum absolute atomic E-state index is 12.7. The normalized spacial score (nSPS) is 13.2. The Morgan fingerprint density at radius 3 is 2.04 bits per heavy atom. The molecule has 2 N–H and O–H groups in total. The number of alkyl halides is 3. The molecule has 1 aromatic carbocycles. The van der Waals surface area contributed by atoms with E-state index in [1.807, 2.05) is 27.7 Å². The molecule has 0 bridgehead atoms. The molecular formula is C15H20Cl2F3N3. The molecule has 0 heterocycles. The van der Waals surface area contributed by atoms with Crippen molar-refractivity contribution in [2.45, 2.75) is 40.3 Å². The number of aliphatic imine (C=N–C) groups is 1. The molecule has 130 valence electrons. The van der Waals surface area contributed by atoms with Gasteiger partial charge in [0.1, 0.15) is 5.84 Å². The average Bonchev–Trinajstić information content (AvgIpc) is 2.38. The van der Waals surface area contributed by atoms with Crippen molar-refractivity contribution in [1.82, 2.24) is 5.43 Å². The number of nitrogens with zero attached hydrogens (tertiary/aromatic N) is 1. The lowest BCUT2D eigenvalue weighted by Crippen LogP contribution is -2.39. The number of nitrogens with one attached hydrogen (secondary N) is 2. The fraction of sp³-hybridized carbons (Fsp3) is 0.533. The van der Waals surface area contributed by atoms with Crippen molar-refractivity contribution in [3.05, 3.63) is 27.7 Å². The lowest BCUT2D eigenvalue weighted by Gasteiger charge is -2.24. The molecule has 0 atom stereocenters. The molecule has 3 nitrogen and oxygen atoms in total. The Bertz CT molecular complexity index is 555. The van der Waals surface area contributed by atoms with Gasteiger partial charge in [-0.2, -0.15) is 13.2 Å². The highest BCUT2D eigenvalue weighted by Crippen LogP contribution is 2.38. The van der Waals surface area contributed by atoms with Crippen LogP contribution in [-0.4, -0.2) is 12.4 Å². The van der Waals surface area contributed by atoms with Crippen molar-refractivity contribution in [3.8, 4) is 0 Å². The topological polar surface area (TPSA) is 36.4 Å². The third-order valence-corrected chi connectivity index (χ3v) is 3.48. The van der Waals surface area contributed by atoms with E-state index in [9.17, 15) is 13.2 Å². The number of hydrogen-bond donors (Lipinski definition) is 2. The van der Waals surface area contributed by atoms with E-state index < -0.39 is 11.7 Å². The second kappa shape index (κ2) is 7.62. The van der Waals surface area contributed by atoms with E-state index in [4.69, 9.17) is 23.2 Å². The van der Waals surface area contributed by atoms with Crippen LogP contribution in [0.15, 0.2) is 17.1 Å². The van der Waals surface area contributed by atoms with Gasteiger partial charge in [0.25, 0.3) is 0 Å². The summed E-state index contributed by atoms with van der Waals surface area (Å²) in [6.45, 7) is 8.53. The van der Waals surface area contributed by atoms with Crippen LogP contribution in [0, 0.1) is 5.41 Å². The largest absolute Gasteiger partial charge is 0.416 e. The molecule has 0 aliphatic carbocycles. The quantitative estimate of drug-likeness (QED) is 0.400. The minimum absolute atomic E-state index is 0.124. The predicted octanol–water partition coefficient (Wildman–Crippen LogP) is 5.78. The van der Waals surface area contributed by atoms with E-state index in [0.717, 1.165) is 18.6 Å². The van der Waals surface area contributed by atoms with E-state index in [1.165, 1.54) is 0 Å². The molecule has 0 saturated carbocycles. The summed E-state index contributed by atoms with van der Waals surface area (Å²) in [6, 6.07) is 1.66. The number of hydrazine groups is 1. The first-order valence-corrected chi connectivity index (χ1v) is 7.85. The molecule has 0 amide bonds. The molecule has 0 radical (unpaired) electrons. The Morgan fingerprint density at radius 2 is 1.65 bits per heavy atom. The summed E-state index contributed by atoms with van der Waals surface area (Å²) in [4.78, 5) is 4.42. The molecule has 0 aliphatic rings. The number of halogens is 5. The van der Waals surface area contributed by atoms with E-state index in [-0.39, 0.29) is 21.1 Å². The van der Waals surface area contributed by atoms with Crippen molar-refractivity contribution in [2.24, 2.45) is 10.4 Å². The summed E-state index contributed by atoms with van der Waals surface area (Å²) < 4.78 is 38.2. The van der Waals surface area contributed by atoms with Crippen LogP contribution in [0.3, 0.4) is 0 Å². The minimum atomic E-state index is -4.50. The summed E-state index contributed by atoms with van der Waals surface area (Å²) in [6.07, 6.45) is -3.62. The molecule has 0 spiro atoms. The van der Waals surface area contributed by atoms with E-state index in [2.05, 4.69) is 15.8 Å². The molecule has 0 fully saturated rings. The van der Waals surface area contributed by atoms with Crippen molar-refractivity contribution < 1.29 is 13.2 Å². The molecule has 0 unspecified atom stereocenters. The first-order chi connectivity index (χ1) is 10.5. The Labute approximate surface area is 144 Å². The third-order valence-electron chi connectivity index (χ3n) is 2.88. The smallest absolute Gasteiger partial charge is 0.297 e. The SMILES string of the molecule is CCCN=C(NNc1c(Cl)cc(C(F)(F)F)cc1Cl)C(C)(C)C. The van der Waals surface area contributed by atoms with Gasteiger partial charge in [-0.1, -0.05) is 50.9 Å². The van der Waals surface area contributed by atoms with Crippen LogP contribution in [0.5, 0.6) is 0 Å². The van der Waals surface area contributed by atoms with Gasteiger partial charge >= 0.3 is 6.18 Å². The van der Waals surface area contributed by atoms with E-state index in [0.29, 0.717) is 12.4 Å². The van der Waals surface area contributed by atoms with E-state index >= 15 is 0 Å². The van der Waals surface area contributed by atoms with Crippen LogP contribution in [0.1, 0.15) is 39.7 Å². The molecule has 0 aromatic heterocycles. The summed E-state index contributed by atoms with van der Waals surface area (Å²) in [5.41, 5.74) is 4.67. The standard InChI is InChI=1S/C15H20Cl2F3N3/c1-5-6-21-13(14(2,3)4)23-22-12-10(16)7-9(8-11(12)17)15(18,19)20/h7-8,22H,5-6H2,1-4H3,(H,21,23). The van der Waals surface area contributed by atoms with Gasteiger partial charge < -0.3 is 0 Å². The Kier molecular flexibility index (Phi) is 6.59. The van der Waals surface area contributed by atoms with Gasteiger partial charge in [-0.05, 0) is 18.6 Å². The zero-order chi connectivity index (χ0) is 17.8. The molecule has 23 heavy (non-hydrogen) atoms. The summed E-state index contributed by atoms with van der Waals surface area (Å²) in [5.74, 6) is 0.659. The summed E-state index contributed by atoms with van der Waals surface area (Å²) in [7, 11) is 0. The van der Waals surface area contributed by atoms with Crippen molar-refractivity contribution >= 4 is 34.7 Å². The maximum Gasteiger partial charge on any atom is 0.416 e. The van der Waals surface area contributed by atoms with Gasteiger partial charge in [0.2, 0.25) is 0 Å². The summed E-state index contributed by atoms with van der Waals surface area (Å²) >= 11 is 11.8. The number of rotatable bonds is 4. The fourth-order valence-corrected chi connectivity index (χ4v) is 2.25. The second-order valence-electron chi connectivity index (χ2n) is 6.04. The Morgan fingerprint density at radius 1 is 1.13 bits per heavy atom. The molecule has 1 aromatic rings. The van der Waals surface area contributed by atoms with Crippen LogP contribution >= 0.6 is 23.2 Å². The predicted molar refractivity (Wildman–Crippen MR) is 90.3 cm³/mol. The second-order valence-corrected chi connectivity index (χ2v) is 6.86. The monoisotopic (exact) mass is 369 g/mol. The van der Waals surface area contributed by atoms with Gasteiger partial charge in [0.15, 0.2) is 0 Å². The molecule has 1 rings (SSSR count). The molecular weight excluding hydrogens is 350 g/mol. The van der Waals surface area contributed by atoms with Crippen LogP contribution in [0.2, 0.25) is 10.0 Å². The molecule has 8 heteroatoms. The summed E-state index contributed by atoms with van der Waals surface area (Å²) in [5, 5.41) is -0.248. The minimum Gasteiger partial charge on any atom is -0.297 e. The Balaban J connectivity index is 3.01. The van der Waals surface area contributed by atoms with Crippen molar-refractivity contribution in [2.75, 3.05) is 12.0 Å². The van der Waals surface area contributed by atoms with E-state index in [1.54, 1.807) is 0 Å². The zero-order valence-corrected chi connectivity index (χ0v) is 14.9. The number of amidine groups is 1. The number of benzene rings is 1. The maximum atomic E-state index is 12.7. The van der Waals surface area contributed by atoms with Crippen LogP contribution in [0.4, 0.5) is 18.9 Å². The molecule has 0 saturated heterocycles. The van der Waals surface area contributed by atoms with Crippen molar-refractivity contribution in [1.29, 1.82) is 0 Å². The third kappa shape index (κ3) is 5.77. The highest BCUT2D eigenvalue weighted by Gasteiger charge is 2.32. The highest BCUT2D eigenvalue weighted by molar-refractivity contribution is 6.39. The Hall–Kier alpha value is -1.14. The fourth-order valence-electron chi connectivity index (χ4n) is 1.67. The first-order valence-electron chi connectivity index (χ1n) is 7.10. The van der Waals surface area contributed by atoms with Gasteiger partial charge in [0, 0.05) is 12.0 Å². The first kappa shape index (κ1) is 19.9. The zero-order valence-electron chi connectivity index (χ0n) is 13.4. The van der Waals surface area contributed by atoms with Gasteiger partial charge in [-0.3, -0.25) is 15.8 Å². The van der Waals surface area contributed by atoms with Gasteiger partial charge in [-0.15, -0.1) is 0 Å². The number of hydrogen-bond acceptors (Lipinski definition) is 2. The average molecular weight is 370 g/mol. The van der Waals surface area contributed by atoms with Crippen LogP contribution < -0.4 is 10.9 Å². The van der Waals surface area contributed by atoms with Gasteiger partial charge in [0.05, 0.1) is 21.3 Å². The lowest BCUT2D eigenvalue weighted by molar-refractivity contribution is -0.137. The van der Waals surface area contributed by atoms with Crippen molar-refractivity contribution in [3.63, 3.8) is 0 Å². The van der Waals surface area contributed by atoms with Crippen LogP contribution in [-0.2, 0) is 6.18 Å². The highest BCUT2D eigenvalue weighted by atomic mass is 35.5. The lowest BCUT2D eigenvalue weighted by atomic mass is 9.95. The molecule has 0 aliphatic heterocycles. The van der Waals surface area contributed by atoms with Crippen LogP contribution in [0.25, 0.3) is 0 Å². The number of anilines is 1. The van der Waals surface area contributed by atoms with Gasteiger partial charge in [-0.25, -0.2) is 0 Å².